The summed E-state index contributed by atoms with van der Waals surface area (Å²) in [6.07, 6.45) is 0. The number of carboxylic acids is 1. The molecule has 1 aromatic heterocycles. The first-order valence-corrected chi connectivity index (χ1v) is 6.89. The normalized spacial score (nSPS) is 10.1. The Morgan fingerprint density at radius 1 is 1.29 bits per heavy atom. The van der Waals surface area contributed by atoms with Crippen LogP contribution in [0.3, 0.4) is 0 Å². The summed E-state index contributed by atoms with van der Waals surface area (Å²) < 4.78 is 18.5. The summed E-state index contributed by atoms with van der Waals surface area (Å²) in [6.45, 7) is -0.0100. The van der Waals surface area contributed by atoms with Gasteiger partial charge < -0.3 is 15.2 Å². The van der Waals surface area contributed by atoms with Crippen LogP contribution in [0.2, 0.25) is 0 Å². The number of amides is 1. The van der Waals surface area contributed by atoms with Crippen molar-refractivity contribution in [2.75, 3.05) is 6.61 Å². The second kappa shape index (κ2) is 6.85. The van der Waals surface area contributed by atoms with Gasteiger partial charge in [0.25, 0.3) is 5.91 Å². The highest BCUT2D eigenvalue weighted by Gasteiger charge is 2.17. The average Bonchev–Trinajstić information content (AvgIpc) is 2.95. The number of halogens is 1. The molecule has 0 atom stereocenters. The van der Waals surface area contributed by atoms with Crippen molar-refractivity contribution in [3.05, 3.63) is 52.0 Å². The van der Waals surface area contributed by atoms with Gasteiger partial charge in [-0.2, -0.15) is 0 Å². The van der Waals surface area contributed by atoms with Crippen LogP contribution in [-0.4, -0.2) is 23.6 Å². The van der Waals surface area contributed by atoms with Crippen LogP contribution in [0, 0.1) is 5.82 Å². The van der Waals surface area contributed by atoms with E-state index in [2.05, 4.69) is 5.32 Å². The molecule has 2 N–H and O–H groups in total. The third kappa shape index (κ3) is 4.03. The van der Waals surface area contributed by atoms with E-state index in [0.29, 0.717) is 6.54 Å². The van der Waals surface area contributed by atoms with Crippen molar-refractivity contribution in [3.63, 3.8) is 0 Å². The third-order valence-electron chi connectivity index (χ3n) is 2.59. The van der Waals surface area contributed by atoms with Gasteiger partial charge in [-0.15, -0.1) is 11.3 Å². The molecular formula is C14H12FNO4S. The van der Waals surface area contributed by atoms with Gasteiger partial charge >= 0.3 is 5.97 Å². The highest BCUT2D eigenvalue weighted by Crippen LogP contribution is 2.21. The van der Waals surface area contributed by atoms with Crippen molar-refractivity contribution < 1.29 is 23.8 Å². The second-order valence-electron chi connectivity index (χ2n) is 4.06. The van der Waals surface area contributed by atoms with E-state index in [0.717, 1.165) is 10.9 Å². The van der Waals surface area contributed by atoms with Gasteiger partial charge in [-0.25, -0.2) is 9.18 Å². The summed E-state index contributed by atoms with van der Waals surface area (Å²) in [5, 5.41) is 13.4. The van der Waals surface area contributed by atoms with Crippen molar-refractivity contribution in [2.45, 2.75) is 6.54 Å². The SMILES string of the molecule is O=C(COc1cccc(F)c1C(=O)O)NCc1cccs1. The van der Waals surface area contributed by atoms with E-state index >= 15 is 0 Å². The van der Waals surface area contributed by atoms with E-state index in [9.17, 15) is 14.0 Å². The van der Waals surface area contributed by atoms with Gasteiger partial charge in [0.1, 0.15) is 17.1 Å². The Morgan fingerprint density at radius 2 is 2.10 bits per heavy atom. The summed E-state index contributed by atoms with van der Waals surface area (Å²) in [4.78, 5) is 23.5. The molecule has 1 aromatic carbocycles. The minimum Gasteiger partial charge on any atom is -0.483 e. The number of carbonyl (C=O) groups excluding carboxylic acids is 1. The van der Waals surface area contributed by atoms with Crippen molar-refractivity contribution in [2.24, 2.45) is 0 Å². The number of ether oxygens (including phenoxy) is 1. The lowest BCUT2D eigenvalue weighted by molar-refractivity contribution is -0.123. The quantitative estimate of drug-likeness (QED) is 0.858. The predicted octanol–water partition coefficient (Wildman–Crippen LogP) is 2.28. The summed E-state index contributed by atoms with van der Waals surface area (Å²) in [5.74, 6) is -2.93. The molecule has 0 spiro atoms. The predicted molar refractivity (Wildman–Crippen MR) is 75.0 cm³/mol. The summed E-state index contributed by atoms with van der Waals surface area (Å²) in [7, 11) is 0. The molecule has 0 unspecified atom stereocenters. The molecular weight excluding hydrogens is 297 g/mol. The van der Waals surface area contributed by atoms with Gasteiger partial charge in [-0.05, 0) is 23.6 Å². The summed E-state index contributed by atoms with van der Waals surface area (Å²) in [6, 6.07) is 7.39. The maximum absolute atomic E-state index is 13.4. The molecule has 21 heavy (non-hydrogen) atoms. The van der Waals surface area contributed by atoms with Gasteiger partial charge in [0.2, 0.25) is 0 Å². The number of nitrogens with one attached hydrogen (secondary N) is 1. The van der Waals surface area contributed by atoms with Crippen LogP contribution in [0.25, 0.3) is 0 Å². The fraction of sp³-hybridized carbons (Fsp3) is 0.143. The lowest BCUT2D eigenvalue weighted by Gasteiger charge is -2.09. The first-order valence-electron chi connectivity index (χ1n) is 6.01. The summed E-state index contributed by atoms with van der Waals surface area (Å²) >= 11 is 1.50. The van der Waals surface area contributed by atoms with E-state index in [1.807, 2.05) is 17.5 Å². The number of carboxylic acid groups (broad SMARTS) is 1. The Balaban J connectivity index is 1.92. The van der Waals surface area contributed by atoms with Crippen molar-refractivity contribution >= 4 is 23.2 Å². The number of rotatable bonds is 6. The van der Waals surface area contributed by atoms with Crippen molar-refractivity contribution in [3.8, 4) is 5.75 Å². The molecule has 0 aliphatic rings. The first-order chi connectivity index (χ1) is 10.1. The second-order valence-corrected chi connectivity index (χ2v) is 5.10. The highest BCUT2D eigenvalue weighted by atomic mass is 32.1. The molecule has 1 heterocycles. The van der Waals surface area contributed by atoms with E-state index < -0.39 is 23.3 Å². The van der Waals surface area contributed by atoms with Crippen LogP contribution in [0.1, 0.15) is 15.2 Å². The number of hydrogen-bond acceptors (Lipinski definition) is 4. The molecule has 0 saturated heterocycles. The maximum atomic E-state index is 13.4. The number of benzene rings is 1. The third-order valence-corrected chi connectivity index (χ3v) is 3.46. The topological polar surface area (TPSA) is 75.6 Å². The van der Waals surface area contributed by atoms with Gasteiger partial charge in [-0.1, -0.05) is 12.1 Å². The number of hydrogen-bond donors (Lipinski definition) is 2. The molecule has 110 valence electrons. The van der Waals surface area contributed by atoms with E-state index in [-0.39, 0.29) is 12.4 Å². The molecule has 0 radical (unpaired) electrons. The fourth-order valence-electron chi connectivity index (χ4n) is 1.63. The van der Waals surface area contributed by atoms with E-state index in [1.165, 1.54) is 23.5 Å². The smallest absolute Gasteiger partial charge is 0.342 e. The Morgan fingerprint density at radius 3 is 2.76 bits per heavy atom. The maximum Gasteiger partial charge on any atom is 0.342 e. The molecule has 1 amide bonds. The molecule has 0 aliphatic heterocycles. The lowest BCUT2D eigenvalue weighted by Crippen LogP contribution is -2.28. The van der Waals surface area contributed by atoms with E-state index in [1.54, 1.807) is 0 Å². The van der Waals surface area contributed by atoms with Crippen LogP contribution >= 0.6 is 11.3 Å². The molecule has 2 rings (SSSR count). The molecule has 7 heteroatoms. The fourth-order valence-corrected chi connectivity index (χ4v) is 2.27. The van der Waals surface area contributed by atoms with Gasteiger partial charge in [0.05, 0.1) is 6.54 Å². The monoisotopic (exact) mass is 309 g/mol. The lowest BCUT2D eigenvalue weighted by atomic mass is 10.2. The van der Waals surface area contributed by atoms with Gasteiger partial charge in [-0.3, -0.25) is 4.79 Å². The average molecular weight is 309 g/mol. The number of thiophene rings is 1. The zero-order valence-electron chi connectivity index (χ0n) is 10.8. The zero-order chi connectivity index (χ0) is 15.2. The minimum absolute atomic E-state index is 0.172. The Bertz CT molecular complexity index is 642. The summed E-state index contributed by atoms with van der Waals surface area (Å²) in [5.41, 5.74) is -0.580. The molecule has 2 aromatic rings. The number of carbonyl (C=O) groups is 2. The highest BCUT2D eigenvalue weighted by molar-refractivity contribution is 7.09. The minimum atomic E-state index is -1.44. The Hall–Kier alpha value is -2.41. The molecule has 5 nitrogen and oxygen atoms in total. The van der Waals surface area contributed by atoms with E-state index in [4.69, 9.17) is 9.84 Å². The van der Waals surface area contributed by atoms with Crippen LogP contribution < -0.4 is 10.1 Å². The number of aromatic carboxylic acids is 1. The Kier molecular flexibility index (Phi) is 4.89. The van der Waals surface area contributed by atoms with Crippen LogP contribution in [0.4, 0.5) is 4.39 Å². The largest absolute Gasteiger partial charge is 0.483 e. The van der Waals surface area contributed by atoms with Gasteiger partial charge in [0, 0.05) is 4.88 Å². The first kappa shape index (κ1) is 15.0. The molecule has 0 fully saturated rings. The zero-order valence-corrected chi connectivity index (χ0v) is 11.7. The standard InChI is InChI=1S/C14H12FNO4S/c15-10-4-1-5-11(13(10)14(18)19)20-8-12(17)16-7-9-3-2-6-21-9/h1-6H,7-8H2,(H,16,17)(H,18,19). The van der Waals surface area contributed by atoms with Crippen molar-refractivity contribution in [1.29, 1.82) is 0 Å². The molecule has 0 aliphatic carbocycles. The van der Waals surface area contributed by atoms with Crippen molar-refractivity contribution in [1.82, 2.24) is 5.32 Å². The Labute approximate surface area is 124 Å². The molecule has 0 saturated carbocycles. The van der Waals surface area contributed by atoms with Crippen LogP contribution in [0.5, 0.6) is 5.75 Å². The van der Waals surface area contributed by atoms with Gasteiger partial charge in [0.15, 0.2) is 6.61 Å². The van der Waals surface area contributed by atoms with Crippen LogP contribution in [0.15, 0.2) is 35.7 Å². The van der Waals surface area contributed by atoms with Crippen LogP contribution in [-0.2, 0) is 11.3 Å². The molecule has 0 bridgehead atoms.